The number of rotatable bonds is 5. The number of nitrogens with one attached hydrogen (secondary N) is 1. The minimum absolute atomic E-state index is 0.0880. The summed E-state index contributed by atoms with van der Waals surface area (Å²) in [6.45, 7) is 13.1. The minimum Gasteiger partial charge on any atom is -0.478 e. The topological polar surface area (TPSA) is 107 Å². The zero-order chi connectivity index (χ0) is 22.0. The molecular weight excluding hydrogens is 375 g/mol. The van der Waals surface area contributed by atoms with Gasteiger partial charge in [-0.05, 0) is 72.1 Å². The van der Waals surface area contributed by atoms with E-state index < -0.39 is 36.0 Å². The molecule has 1 saturated heterocycles. The Labute approximate surface area is 171 Å². The second-order valence-electron chi connectivity index (χ2n) is 8.94. The van der Waals surface area contributed by atoms with Gasteiger partial charge >= 0.3 is 19.2 Å². The fourth-order valence-corrected chi connectivity index (χ4v) is 2.54. The molecule has 1 amide bonds. The Hall–Kier alpha value is -2.39. The number of carboxylic acid groups (broad SMARTS) is 1. The number of aromatic nitrogens is 1. The van der Waals surface area contributed by atoms with Crippen LogP contribution in [0.5, 0.6) is 0 Å². The summed E-state index contributed by atoms with van der Waals surface area (Å²) < 4.78 is 17.4. The van der Waals surface area contributed by atoms with E-state index in [9.17, 15) is 14.7 Å². The monoisotopic (exact) mass is 404 g/mol. The van der Waals surface area contributed by atoms with Gasteiger partial charge in [0.15, 0.2) is 0 Å². The largest absolute Gasteiger partial charge is 0.492 e. The van der Waals surface area contributed by atoms with E-state index in [0.717, 1.165) is 0 Å². The van der Waals surface area contributed by atoms with E-state index >= 15 is 0 Å². The van der Waals surface area contributed by atoms with E-state index in [1.165, 1.54) is 18.3 Å². The molecule has 0 aromatic carbocycles. The Morgan fingerprint density at radius 3 is 2.34 bits per heavy atom. The van der Waals surface area contributed by atoms with Crippen molar-refractivity contribution in [2.75, 3.05) is 6.54 Å². The van der Waals surface area contributed by atoms with E-state index in [1.807, 2.05) is 27.7 Å². The van der Waals surface area contributed by atoms with Crippen molar-refractivity contribution in [1.82, 2.24) is 10.3 Å². The van der Waals surface area contributed by atoms with Crippen LogP contribution in [0.4, 0.5) is 4.79 Å². The van der Waals surface area contributed by atoms with Gasteiger partial charge in [0, 0.05) is 12.7 Å². The highest BCUT2D eigenvalue weighted by Crippen LogP contribution is 2.38. The van der Waals surface area contributed by atoms with Gasteiger partial charge in [0.25, 0.3) is 0 Å². The first-order chi connectivity index (χ1) is 13.2. The SMILES string of the molecule is CC(C)(C)OC(=O)NCC(=Cc1cc(C(=O)O)ccn1)B1OC(C)(C)C(C)(C)O1. The maximum Gasteiger partial charge on any atom is 0.492 e. The molecule has 29 heavy (non-hydrogen) atoms. The molecule has 2 rings (SSSR count). The normalized spacial score (nSPS) is 18.4. The fourth-order valence-electron chi connectivity index (χ4n) is 2.54. The molecule has 9 heteroatoms. The van der Waals surface area contributed by atoms with Gasteiger partial charge in [-0.25, -0.2) is 9.59 Å². The van der Waals surface area contributed by atoms with E-state index in [1.54, 1.807) is 26.8 Å². The summed E-state index contributed by atoms with van der Waals surface area (Å²) >= 11 is 0. The Balaban J connectivity index is 2.30. The molecule has 2 N–H and O–H groups in total. The van der Waals surface area contributed by atoms with Crippen LogP contribution >= 0.6 is 0 Å². The van der Waals surface area contributed by atoms with E-state index in [2.05, 4.69) is 10.3 Å². The van der Waals surface area contributed by atoms with Gasteiger partial charge in [0.05, 0.1) is 22.5 Å². The first kappa shape index (κ1) is 22.9. The summed E-state index contributed by atoms with van der Waals surface area (Å²) in [5.74, 6) is -1.05. The summed E-state index contributed by atoms with van der Waals surface area (Å²) in [5, 5.41) is 11.9. The Morgan fingerprint density at radius 2 is 1.83 bits per heavy atom. The highest BCUT2D eigenvalue weighted by Gasteiger charge is 2.52. The molecule has 0 atom stereocenters. The highest BCUT2D eigenvalue weighted by atomic mass is 16.7. The summed E-state index contributed by atoms with van der Waals surface area (Å²) in [5.41, 5.74) is -0.655. The minimum atomic E-state index is -1.05. The van der Waals surface area contributed by atoms with Crippen molar-refractivity contribution in [3.63, 3.8) is 0 Å². The molecule has 0 saturated carbocycles. The number of carbonyl (C=O) groups excluding carboxylic acids is 1. The molecule has 1 fully saturated rings. The standard InChI is InChI=1S/C20H29BN2O6/c1-18(2,3)27-17(26)23-12-14(21-28-19(4,5)20(6,7)29-21)11-15-10-13(16(24)25)8-9-22-15/h8-11H,12H2,1-7H3,(H,23,26)(H,24,25). The lowest BCUT2D eigenvalue weighted by Gasteiger charge is -2.32. The molecule has 0 radical (unpaired) electrons. The molecule has 1 aromatic rings. The molecule has 0 unspecified atom stereocenters. The number of hydrogen-bond donors (Lipinski definition) is 2. The van der Waals surface area contributed by atoms with Crippen LogP contribution in [-0.4, -0.2) is 52.6 Å². The summed E-state index contributed by atoms with van der Waals surface area (Å²) in [6, 6.07) is 2.86. The zero-order valence-electron chi connectivity index (χ0n) is 18.0. The van der Waals surface area contributed by atoms with Crippen molar-refractivity contribution in [3.05, 3.63) is 35.1 Å². The van der Waals surface area contributed by atoms with Crippen LogP contribution in [0.1, 0.15) is 64.5 Å². The van der Waals surface area contributed by atoms with Gasteiger partial charge < -0.3 is 24.5 Å². The molecule has 0 bridgehead atoms. The number of ether oxygens (including phenoxy) is 1. The van der Waals surface area contributed by atoms with Crippen LogP contribution in [0.25, 0.3) is 6.08 Å². The fraction of sp³-hybridized carbons (Fsp3) is 0.550. The molecule has 158 valence electrons. The number of amides is 1. The maximum atomic E-state index is 12.1. The van der Waals surface area contributed by atoms with E-state index in [4.69, 9.17) is 14.0 Å². The third-order valence-corrected chi connectivity index (χ3v) is 4.75. The average Bonchev–Trinajstić information content (AvgIpc) is 2.77. The lowest BCUT2D eigenvalue weighted by Crippen LogP contribution is -2.41. The third-order valence-electron chi connectivity index (χ3n) is 4.75. The van der Waals surface area contributed by atoms with Crippen LogP contribution in [0, 0.1) is 0 Å². The second kappa shape index (κ2) is 8.16. The molecule has 0 spiro atoms. The molecular formula is C20H29BN2O6. The van der Waals surface area contributed by atoms with Crippen LogP contribution in [0.3, 0.4) is 0 Å². The molecule has 1 aliphatic heterocycles. The van der Waals surface area contributed by atoms with E-state index in [0.29, 0.717) is 11.2 Å². The van der Waals surface area contributed by atoms with Gasteiger partial charge in [-0.15, -0.1) is 0 Å². The first-order valence-electron chi connectivity index (χ1n) is 9.42. The summed E-state index contributed by atoms with van der Waals surface area (Å²) in [4.78, 5) is 27.5. The predicted octanol–water partition coefficient (Wildman–Crippen LogP) is 3.32. The van der Waals surface area contributed by atoms with Crippen molar-refractivity contribution in [1.29, 1.82) is 0 Å². The summed E-state index contributed by atoms with van der Waals surface area (Å²) in [7, 11) is -0.731. The van der Waals surface area contributed by atoms with Gasteiger partial charge in [0.2, 0.25) is 0 Å². The number of alkyl carbamates (subject to hydrolysis) is 1. The zero-order valence-corrected chi connectivity index (χ0v) is 18.0. The number of aromatic carboxylic acids is 1. The van der Waals surface area contributed by atoms with Gasteiger partial charge in [-0.3, -0.25) is 4.98 Å². The smallest absolute Gasteiger partial charge is 0.478 e. The van der Waals surface area contributed by atoms with Crippen molar-refractivity contribution >= 4 is 25.3 Å². The second-order valence-corrected chi connectivity index (χ2v) is 8.94. The Kier molecular flexibility index (Phi) is 6.44. The predicted molar refractivity (Wildman–Crippen MR) is 109 cm³/mol. The molecule has 8 nitrogen and oxygen atoms in total. The number of nitrogens with zero attached hydrogens (tertiary/aromatic N) is 1. The highest BCUT2D eigenvalue weighted by molar-refractivity contribution is 6.56. The van der Waals surface area contributed by atoms with Gasteiger partial charge in [-0.1, -0.05) is 0 Å². The number of carboxylic acids is 1. The van der Waals surface area contributed by atoms with Crippen molar-refractivity contribution in [2.45, 2.75) is 65.3 Å². The third kappa shape index (κ3) is 6.04. The van der Waals surface area contributed by atoms with Crippen LogP contribution < -0.4 is 5.32 Å². The summed E-state index contributed by atoms with van der Waals surface area (Å²) in [6.07, 6.45) is 2.50. The number of pyridine rings is 1. The Morgan fingerprint density at radius 1 is 1.24 bits per heavy atom. The lowest BCUT2D eigenvalue weighted by molar-refractivity contribution is 0.00578. The molecule has 2 heterocycles. The maximum absolute atomic E-state index is 12.1. The van der Waals surface area contributed by atoms with Crippen molar-refractivity contribution < 1.29 is 28.7 Å². The van der Waals surface area contributed by atoms with Gasteiger partial charge in [-0.2, -0.15) is 0 Å². The van der Waals surface area contributed by atoms with Crippen LogP contribution in [0.2, 0.25) is 0 Å². The van der Waals surface area contributed by atoms with Crippen molar-refractivity contribution in [3.8, 4) is 0 Å². The molecule has 1 aromatic heterocycles. The molecule has 0 aliphatic carbocycles. The van der Waals surface area contributed by atoms with Crippen molar-refractivity contribution in [2.24, 2.45) is 0 Å². The molecule has 1 aliphatic rings. The number of hydrogen-bond acceptors (Lipinski definition) is 6. The quantitative estimate of drug-likeness (QED) is 0.725. The average molecular weight is 404 g/mol. The Bertz CT molecular complexity index is 797. The van der Waals surface area contributed by atoms with Crippen LogP contribution in [0.15, 0.2) is 23.8 Å². The lowest BCUT2D eigenvalue weighted by atomic mass is 9.77. The number of carbonyl (C=O) groups is 2. The first-order valence-corrected chi connectivity index (χ1v) is 9.42. The van der Waals surface area contributed by atoms with Gasteiger partial charge in [0.1, 0.15) is 5.60 Å². The van der Waals surface area contributed by atoms with Crippen LogP contribution in [-0.2, 0) is 14.0 Å². The van der Waals surface area contributed by atoms with E-state index in [-0.39, 0.29) is 12.1 Å².